The maximum atomic E-state index is 14.8. The highest BCUT2D eigenvalue weighted by Crippen LogP contribution is 2.52. The van der Waals surface area contributed by atoms with Crippen molar-refractivity contribution < 1.29 is 13.7 Å². The lowest BCUT2D eigenvalue weighted by Gasteiger charge is -2.11. The Labute approximate surface area is 171 Å². The number of hydrogen-bond donors (Lipinski definition) is 1. The monoisotopic (exact) mass is 410 g/mol. The average Bonchev–Trinajstić information content (AvgIpc) is 3.17. The van der Waals surface area contributed by atoms with Crippen molar-refractivity contribution >= 4 is 17.4 Å². The molecule has 10 heteroatoms. The molecule has 0 saturated heterocycles. The molecule has 1 aliphatic heterocycles. The van der Waals surface area contributed by atoms with Crippen LogP contribution in [-0.2, 0) is 12.0 Å². The number of nitrogens with zero attached hydrogens (tertiary/aromatic N) is 5. The van der Waals surface area contributed by atoms with Gasteiger partial charge in [-0.3, -0.25) is 4.79 Å². The Morgan fingerprint density at radius 3 is 2.73 bits per heavy atom. The second-order valence-corrected chi connectivity index (χ2v) is 8.04. The first-order valence-corrected chi connectivity index (χ1v) is 9.25. The van der Waals surface area contributed by atoms with Gasteiger partial charge in [-0.15, -0.1) is 4.91 Å². The van der Waals surface area contributed by atoms with Crippen molar-refractivity contribution in [3.8, 4) is 11.1 Å². The van der Waals surface area contributed by atoms with Crippen LogP contribution < -0.4 is 10.3 Å². The summed E-state index contributed by atoms with van der Waals surface area (Å²) in [5.74, 6) is -0.311. The lowest BCUT2D eigenvalue weighted by atomic mass is 9.96. The molecule has 9 nitrogen and oxygen atoms in total. The Morgan fingerprint density at radius 2 is 2.07 bits per heavy atom. The molecule has 4 rings (SSSR count). The van der Waals surface area contributed by atoms with Gasteiger partial charge in [-0.05, 0) is 36.2 Å². The third kappa shape index (κ3) is 3.40. The lowest BCUT2D eigenvalue weighted by Crippen LogP contribution is -2.24. The van der Waals surface area contributed by atoms with Gasteiger partial charge < -0.3 is 9.84 Å². The lowest BCUT2D eigenvalue weighted by molar-refractivity contribution is 0.0907. The Balaban J connectivity index is 1.52. The van der Waals surface area contributed by atoms with E-state index in [1.54, 1.807) is 12.1 Å². The predicted octanol–water partition coefficient (Wildman–Crippen LogP) is 3.94. The highest BCUT2D eigenvalue weighted by atomic mass is 19.1. The molecule has 1 aliphatic rings. The van der Waals surface area contributed by atoms with Crippen LogP contribution in [0.15, 0.2) is 34.2 Å². The first kappa shape index (κ1) is 19.6. The number of pyridine rings is 1. The number of aryl methyl sites for hydroxylation is 1. The predicted molar refractivity (Wildman–Crippen MR) is 106 cm³/mol. The minimum atomic E-state index is -0.534. The average molecular weight is 410 g/mol. The topological polar surface area (TPSA) is 113 Å². The van der Waals surface area contributed by atoms with Crippen molar-refractivity contribution in [3.05, 3.63) is 58.0 Å². The van der Waals surface area contributed by atoms with Crippen molar-refractivity contribution in [2.24, 2.45) is 5.29 Å². The van der Waals surface area contributed by atoms with Crippen LogP contribution in [0.2, 0.25) is 0 Å². The molecule has 0 bridgehead atoms. The van der Waals surface area contributed by atoms with Crippen LogP contribution in [0.1, 0.15) is 48.4 Å². The number of carbonyl (C=O) groups is 1. The number of fused-ring (bicyclic) bond motifs is 1. The molecule has 0 spiro atoms. The van der Waals surface area contributed by atoms with E-state index in [0.29, 0.717) is 34.0 Å². The number of nitroso groups, excluding NO2 is 1. The molecule has 0 atom stereocenters. The maximum Gasteiger partial charge on any atom is 0.315 e. The molecule has 30 heavy (non-hydrogen) atoms. The number of aromatic nitrogens is 3. The quantitative estimate of drug-likeness (QED) is 0.500. The second-order valence-electron chi connectivity index (χ2n) is 8.04. The van der Waals surface area contributed by atoms with Gasteiger partial charge in [-0.25, -0.2) is 9.37 Å². The molecule has 0 radical (unpaired) electrons. The molecular formula is C20H19FN6O3. The Hall–Kier alpha value is -3.69. The summed E-state index contributed by atoms with van der Waals surface area (Å²) >= 11 is 0. The Kier molecular flexibility index (Phi) is 4.56. The molecule has 2 aromatic heterocycles. The molecule has 0 saturated carbocycles. The van der Waals surface area contributed by atoms with Crippen LogP contribution in [0, 0.1) is 17.6 Å². The zero-order chi connectivity index (χ0) is 21.6. The van der Waals surface area contributed by atoms with Crippen molar-refractivity contribution in [3.63, 3.8) is 0 Å². The SMILES string of the molecule is Cc1cc(-c2ccnc3c2N3N=O)c(F)cc1CNC(=O)c1nc(C(C)(C)C)no1. The smallest absolute Gasteiger partial charge is 0.315 e. The van der Waals surface area contributed by atoms with Gasteiger partial charge in [0.25, 0.3) is 0 Å². The van der Waals surface area contributed by atoms with Crippen molar-refractivity contribution in [2.45, 2.75) is 39.7 Å². The van der Waals surface area contributed by atoms with Gasteiger partial charge in [0.2, 0.25) is 0 Å². The van der Waals surface area contributed by atoms with Crippen LogP contribution in [-0.4, -0.2) is 21.0 Å². The zero-order valence-electron chi connectivity index (χ0n) is 16.9. The third-order valence-corrected chi connectivity index (χ3v) is 4.80. The van der Waals surface area contributed by atoms with Crippen LogP contribution in [0.25, 0.3) is 11.1 Å². The van der Waals surface area contributed by atoms with Gasteiger partial charge in [-0.2, -0.15) is 9.99 Å². The number of hydrogen-bond acceptors (Lipinski definition) is 7. The number of halogens is 1. The molecule has 1 N–H and O–H groups in total. The van der Waals surface area contributed by atoms with Gasteiger partial charge in [0.1, 0.15) is 11.5 Å². The van der Waals surface area contributed by atoms with E-state index in [-0.39, 0.29) is 17.9 Å². The van der Waals surface area contributed by atoms with E-state index in [1.807, 2.05) is 27.7 Å². The molecule has 0 aliphatic carbocycles. The van der Waals surface area contributed by atoms with Crippen LogP contribution in [0.4, 0.5) is 15.9 Å². The largest absolute Gasteiger partial charge is 0.344 e. The summed E-state index contributed by atoms with van der Waals surface area (Å²) in [6.07, 6.45) is 1.50. The molecule has 0 fully saturated rings. The maximum absolute atomic E-state index is 14.8. The third-order valence-electron chi connectivity index (χ3n) is 4.80. The molecule has 154 valence electrons. The summed E-state index contributed by atoms with van der Waals surface area (Å²) in [5.41, 5.74) is 2.39. The summed E-state index contributed by atoms with van der Waals surface area (Å²) in [5, 5.41) is 10.5. The second kappa shape index (κ2) is 6.97. The summed E-state index contributed by atoms with van der Waals surface area (Å²) in [6, 6.07) is 4.65. The first-order chi connectivity index (χ1) is 14.2. The minimum absolute atomic E-state index is 0.0889. The van der Waals surface area contributed by atoms with E-state index in [0.717, 1.165) is 10.6 Å². The fraction of sp³-hybridized carbons (Fsp3) is 0.300. The van der Waals surface area contributed by atoms with E-state index in [4.69, 9.17) is 4.52 Å². The highest BCUT2D eigenvalue weighted by molar-refractivity contribution is 6.00. The van der Waals surface area contributed by atoms with E-state index >= 15 is 0 Å². The van der Waals surface area contributed by atoms with Crippen molar-refractivity contribution in [2.75, 3.05) is 5.01 Å². The zero-order valence-corrected chi connectivity index (χ0v) is 16.9. The molecular weight excluding hydrogens is 391 g/mol. The van der Waals surface area contributed by atoms with Crippen LogP contribution in [0.5, 0.6) is 0 Å². The van der Waals surface area contributed by atoms with Gasteiger partial charge in [0, 0.05) is 29.3 Å². The number of nitrogens with one attached hydrogen (secondary N) is 1. The summed E-state index contributed by atoms with van der Waals surface area (Å²) < 4.78 is 19.9. The number of amides is 1. The Morgan fingerprint density at radius 1 is 1.30 bits per heavy atom. The van der Waals surface area contributed by atoms with Gasteiger partial charge >= 0.3 is 11.8 Å². The van der Waals surface area contributed by atoms with Gasteiger partial charge in [0.15, 0.2) is 11.6 Å². The molecule has 1 amide bonds. The number of benzene rings is 1. The fourth-order valence-electron chi connectivity index (χ4n) is 3.05. The Bertz CT molecular complexity index is 1170. The molecule has 0 unspecified atom stereocenters. The van der Waals surface area contributed by atoms with E-state index in [1.165, 1.54) is 12.3 Å². The van der Waals surface area contributed by atoms with E-state index in [2.05, 4.69) is 25.7 Å². The summed E-state index contributed by atoms with van der Waals surface area (Å²) in [7, 11) is 0. The number of carbonyl (C=O) groups excluding carboxylic acids is 1. The fourth-order valence-corrected chi connectivity index (χ4v) is 3.05. The van der Waals surface area contributed by atoms with Crippen molar-refractivity contribution in [1.82, 2.24) is 20.4 Å². The van der Waals surface area contributed by atoms with Gasteiger partial charge in [0.05, 0.1) is 5.29 Å². The van der Waals surface area contributed by atoms with Gasteiger partial charge in [-0.1, -0.05) is 25.9 Å². The summed E-state index contributed by atoms with van der Waals surface area (Å²) in [4.78, 5) is 31.3. The highest BCUT2D eigenvalue weighted by Gasteiger charge is 2.37. The number of rotatable bonds is 5. The van der Waals surface area contributed by atoms with Crippen LogP contribution >= 0.6 is 0 Å². The van der Waals surface area contributed by atoms with Crippen LogP contribution in [0.3, 0.4) is 0 Å². The molecule has 1 aromatic carbocycles. The van der Waals surface area contributed by atoms with E-state index < -0.39 is 11.7 Å². The number of anilines is 2. The summed E-state index contributed by atoms with van der Waals surface area (Å²) in [6.45, 7) is 7.62. The molecule has 3 heterocycles. The molecule has 3 aromatic rings. The first-order valence-electron chi connectivity index (χ1n) is 9.25. The standard InChI is InChI=1S/C20H19FN6O3/c1-10-7-13(12-5-6-22-16-15(12)27(16)26-29)14(21)8-11(10)9-23-17(28)18-24-19(25-30-18)20(2,3)4/h5-8H,9H2,1-4H3,(H,23,28). The van der Waals surface area contributed by atoms with E-state index in [9.17, 15) is 14.1 Å². The minimum Gasteiger partial charge on any atom is -0.344 e. The van der Waals surface area contributed by atoms with Crippen molar-refractivity contribution in [1.29, 1.82) is 0 Å². The normalized spacial score (nSPS) is 12.5.